The van der Waals surface area contributed by atoms with Gasteiger partial charge in [-0.25, -0.2) is 0 Å². The van der Waals surface area contributed by atoms with Gasteiger partial charge < -0.3 is 14.2 Å². The third kappa shape index (κ3) is 54.9. The molecule has 69 heavy (non-hydrogen) atoms. The Balaban J connectivity index is 4.49. The minimum atomic E-state index is -0.805. The van der Waals surface area contributed by atoms with Gasteiger partial charge in [0.1, 0.15) is 13.2 Å². The summed E-state index contributed by atoms with van der Waals surface area (Å²) in [7, 11) is 0. The zero-order chi connectivity index (χ0) is 50.0. The van der Waals surface area contributed by atoms with Crippen LogP contribution >= 0.6 is 0 Å². The molecule has 6 nitrogen and oxygen atoms in total. The van der Waals surface area contributed by atoms with E-state index in [2.05, 4.69) is 130 Å². The summed E-state index contributed by atoms with van der Waals surface area (Å²) < 4.78 is 16.8. The van der Waals surface area contributed by atoms with E-state index < -0.39 is 6.10 Å². The minimum absolute atomic E-state index is 0.102. The van der Waals surface area contributed by atoms with Crippen LogP contribution in [0.1, 0.15) is 252 Å². The lowest BCUT2D eigenvalue weighted by Gasteiger charge is -2.18. The summed E-state index contributed by atoms with van der Waals surface area (Å²) in [5.74, 6) is -0.953. The van der Waals surface area contributed by atoms with Crippen LogP contribution in [0.25, 0.3) is 0 Å². The molecule has 0 radical (unpaired) electrons. The summed E-state index contributed by atoms with van der Waals surface area (Å²) in [6, 6.07) is 0. The van der Waals surface area contributed by atoms with Gasteiger partial charge in [-0.3, -0.25) is 14.4 Å². The van der Waals surface area contributed by atoms with Crippen LogP contribution < -0.4 is 0 Å². The Bertz CT molecular complexity index is 1420. The van der Waals surface area contributed by atoms with Crippen molar-refractivity contribution in [3.8, 4) is 0 Å². The smallest absolute Gasteiger partial charge is 0.306 e. The van der Waals surface area contributed by atoms with Crippen LogP contribution in [0.3, 0.4) is 0 Å². The van der Waals surface area contributed by atoms with Crippen molar-refractivity contribution in [2.24, 2.45) is 0 Å². The van der Waals surface area contributed by atoms with Crippen molar-refractivity contribution in [2.75, 3.05) is 13.2 Å². The fourth-order valence-electron chi connectivity index (χ4n) is 7.56. The SMILES string of the molecule is CC/C=C\C/C=C\C/C=C\C/C=C\CCCCCCCCC(=O)OCC(COC(=O)CCCCC/C=C\CCCCCCCCC)OC(=O)CCCCCCC\C=C/C=C\C=C/C=C\CCCCC. The maximum Gasteiger partial charge on any atom is 0.306 e. The second kappa shape index (κ2) is 56.7. The van der Waals surface area contributed by atoms with Crippen molar-refractivity contribution in [2.45, 2.75) is 258 Å². The molecule has 0 heterocycles. The molecule has 0 saturated heterocycles. The average molecular weight is 958 g/mol. The fraction of sp³-hybridized carbons (Fsp3) is 0.667. The summed E-state index contributed by atoms with van der Waals surface area (Å²) in [6.45, 7) is 6.44. The minimum Gasteiger partial charge on any atom is -0.462 e. The molecule has 0 N–H and O–H groups in total. The molecule has 1 unspecified atom stereocenters. The monoisotopic (exact) mass is 957 g/mol. The molecule has 0 aromatic rings. The number of carbonyl (C=O) groups is 3. The molecule has 0 aliphatic rings. The fourth-order valence-corrected chi connectivity index (χ4v) is 7.56. The van der Waals surface area contributed by atoms with Gasteiger partial charge in [-0.1, -0.05) is 233 Å². The van der Waals surface area contributed by atoms with Gasteiger partial charge in [0.15, 0.2) is 6.10 Å². The number of ether oxygens (including phenoxy) is 3. The van der Waals surface area contributed by atoms with E-state index in [1.807, 2.05) is 0 Å². The Morgan fingerprint density at radius 1 is 0.319 bits per heavy atom. The molecule has 0 aliphatic heterocycles. The highest BCUT2D eigenvalue weighted by molar-refractivity contribution is 5.71. The molecule has 0 fully saturated rings. The summed E-state index contributed by atoms with van der Waals surface area (Å²) in [5, 5.41) is 0. The number of hydrogen-bond acceptors (Lipinski definition) is 6. The highest BCUT2D eigenvalue weighted by atomic mass is 16.6. The molecule has 0 bridgehead atoms. The molecule has 0 saturated carbocycles. The third-order valence-electron chi connectivity index (χ3n) is 11.8. The van der Waals surface area contributed by atoms with Crippen molar-refractivity contribution in [1.82, 2.24) is 0 Å². The van der Waals surface area contributed by atoms with Crippen LogP contribution in [-0.4, -0.2) is 37.2 Å². The Hall–Kier alpha value is -3.93. The summed E-state index contributed by atoms with van der Waals surface area (Å²) in [5.41, 5.74) is 0. The molecule has 0 aromatic heterocycles. The lowest BCUT2D eigenvalue weighted by molar-refractivity contribution is -0.167. The third-order valence-corrected chi connectivity index (χ3v) is 11.8. The molecule has 0 spiro atoms. The van der Waals surface area contributed by atoms with Gasteiger partial charge in [0.05, 0.1) is 0 Å². The first-order chi connectivity index (χ1) is 34.0. The van der Waals surface area contributed by atoms with E-state index in [-0.39, 0.29) is 31.1 Å². The summed E-state index contributed by atoms with van der Waals surface area (Å²) >= 11 is 0. The molecule has 0 rings (SSSR count). The molecule has 1 atom stereocenters. The molecule has 6 heteroatoms. The summed E-state index contributed by atoms with van der Waals surface area (Å²) in [6.07, 6.45) is 76.4. The molecule has 0 aromatic carbocycles. The number of allylic oxidation sites excluding steroid dienone is 18. The predicted molar refractivity (Wildman–Crippen MR) is 297 cm³/mol. The number of esters is 3. The van der Waals surface area contributed by atoms with E-state index in [1.165, 1.54) is 77.0 Å². The number of unbranched alkanes of at least 4 members (excludes halogenated alkanes) is 24. The first-order valence-corrected chi connectivity index (χ1v) is 28.4. The van der Waals surface area contributed by atoms with E-state index in [4.69, 9.17) is 14.2 Å². The van der Waals surface area contributed by atoms with Gasteiger partial charge in [-0.05, 0) is 109 Å². The summed E-state index contributed by atoms with van der Waals surface area (Å²) in [4.78, 5) is 38.1. The van der Waals surface area contributed by atoms with Crippen molar-refractivity contribution >= 4 is 17.9 Å². The van der Waals surface area contributed by atoms with E-state index in [0.717, 1.165) is 135 Å². The highest BCUT2D eigenvalue weighted by Gasteiger charge is 2.19. The second-order valence-electron chi connectivity index (χ2n) is 18.5. The van der Waals surface area contributed by atoms with E-state index in [0.29, 0.717) is 19.3 Å². The lowest BCUT2D eigenvalue weighted by Crippen LogP contribution is -2.30. The van der Waals surface area contributed by atoms with Crippen LogP contribution in [0.15, 0.2) is 109 Å². The number of hydrogen-bond donors (Lipinski definition) is 0. The van der Waals surface area contributed by atoms with Crippen molar-refractivity contribution in [3.05, 3.63) is 109 Å². The number of rotatable bonds is 50. The van der Waals surface area contributed by atoms with E-state index in [1.54, 1.807) is 0 Å². The molecular formula is C63H104O6. The number of carbonyl (C=O) groups excluding carboxylic acids is 3. The van der Waals surface area contributed by atoms with Crippen LogP contribution in [0.5, 0.6) is 0 Å². The van der Waals surface area contributed by atoms with Gasteiger partial charge in [-0.15, -0.1) is 0 Å². The van der Waals surface area contributed by atoms with Crippen LogP contribution in [0.4, 0.5) is 0 Å². The van der Waals surface area contributed by atoms with Crippen molar-refractivity contribution < 1.29 is 28.6 Å². The Labute approximate surface area is 425 Å². The first kappa shape index (κ1) is 65.1. The topological polar surface area (TPSA) is 78.9 Å². The second-order valence-corrected chi connectivity index (χ2v) is 18.5. The van der Waals surface area contributed by atoms with Gasteiger partial charge in [0, 0.05) is 19.3 Å². The van der Waals surface area contributed by atoms with E-state index in [9.17, 15) is 14.4 Å². The largest absolute Gasteiger partial charge is 0.462 e. The van der Waals surface area contributed by atoms with Crippen LogP contribution in [0, 0.1) is 0 Å². The van der Waals surface area contributed by atoms with Gasteiger partial charge in [0.25, 0.3) is 0 Å². The normalized spacial score (nSPS) is 12.9. The first-order valence-electron chi connectivity index (χ1n) is 28.4. The highest BCUT2D eigenvalue weighted by Crippen LogP contribution is 2.14. The molecule has 0 amide bonds. The van der Waals surface area contributed by atoms with Gasteiger partial charge in [0.2, 0.25) is 0 Å². The van der Waals surface area contributed by atoms with Crippen LogP contribution in [-0.2, 0) is 28.6 Å². The van der Waals surface area contributed by atoms with E-state index >= 15 is 0 Å². The maximum atomic E-state index is 12.9. The zero-order valence-electron chi connectivity index (χ0n) is 44.8. The predicted octanol–water partition coefficient (Wildman–Crippen LogP) is 19.1. The quantitative estimate of drug-likeness (QED) is 0.0199. The Morgan fingerprint density at radius 2 is 0.623 bits per heavy atom. The average Bonchev–Trinajstić information content (AvgIpc) is 3.35. The van der Waals surface area contributed by atoms with Crippen LogP contribution in [0.2, 0.25) is 0 Å². The zero-order valence-corrected chi connectivity index (χ0v) is 44.8. The standard InChI is InChI=1S/C63H104O6/c1-4-7-10-13-16-19-22-25-28-30-32-34-35-38-41-44-47-50-53-56-62(65)68-59-60(58-67-61(64)55-52-49-46-43-40-37-27-24-21-18-15-12-9-6-3)69-63(66)57-54-51-48-45-42-39-36-33-31-29-26-23-20-17-14-11-8-5-2/h7,10,16-17,19-20,23,25-26,28-29,31-34,36-37,40,60H,4-6,8-9,11-15,18,21-22,24,27,30,35,38-39,41-59H2,1-3H3/b10-7-,19-16-,20-17-,26-23-,28-25-,31-29-,34-32-,36-33-,40-37-. The van der Waals surface area contributed by atoms with Crippen molar-refractivity contribution in [1.29, 1.82) is 0 Å². The van der Waals surface area contributed by atoms with Gasteiger partial charge in [-0.2, -0.15) is 0 Å². The van der Waals surface area contributed by atoms with Gasteiger partial charge >= 0.3 is 17.9 Å². The lowest BCUT2D eigenvalue weighted by atomic mass is 10.1. The Morgan fingerprint density at radius 3 is 1.07 bits per heavy atom. The molecule has 0 aliphatic carbocycles. The Kier molecular flexibility index (Phi) is 53.4. The van der Waals surface area contributed by atoms with Crippen molar-refractivity contribution in [3.63, 3.8) is 0 Å². The molecular weight excluding hydrogens is 853 g/mol. The molecule has 392 valence electrons. The maximum absolute atomic E-state index is 12.9.